The third kappa shape index (κ3) is 5.26. The van der Waals surface area contributed by atoms with Crippen LogP contribution in [0.3, 0.4) is 0 Å². The highest BCUT2D eigenvalue weighted by Crippen LogP contribution is 2.13. The molecule has 14 heavy (non-hydrogen) atoms. The lowest BCUT2D eigenvalue weighted by molar-refractivity contribution is -0.162. The van der Waals surface area contributed by atoms with Gasteiger partial charge in [-0.15, -0.1) is 11.8 Å². The molecule has 0 aromatic rings. The normalized spacial score (nSPS) is 21.4. The molecule has 0 amide bonds. The molecule has 1 rings (SSSR count). The first-order valence-electron chi connectivity index (χ1n) is 5.56. The minimum atomic E-state index is 0.0704. The van der Waals surface area contributed by atoms with E-state index in [1.807, 2.05) is 6.92 Å². The molecule has 0 radical (unpaired) electrons. The lowest BCUT2D eigenvalue weighted by Crippen LogP contribution is -2.22. The lowest BCUT2D eigenvalue weighted by atomic mass is 10.2. The Labute approximate surface area is 87.0 Å². The summed E-state index contributed by atoms with van der Waals surface area (Å²) in [4.78, 5) is 0. The van der Waals surface area contributed by atoms with Gasteiger partial charge in [-0.3, -0.25) is 0 Å². The minimum Gasteiger partial charge on any atom is -0.353 e. The zero-order valence-corrected chi connectivity index (χ0v) is 9.05. The van der Waals surface area contributed by atoms with Crippen molar-refractivity contribution in [3.63, 3.8) is 0 Å². The largest absolute Gasteiger partial charge is 0.353 e. The van der Waals surface area contributed by atoms with Gasteiger partial charge in [0.2, 0.25) is 0 Å². The molecule has 0 spiro atoms. The van der Waals surface area contributed by atoms with Crippen LogP contribution in [-0.4, -0.2) is 19.5 Å². The maximum atomic E-state index is 5.59. The first-order chi connectivity index (χ1) is 6.93. The number of hydrogen-bond donors (Lipinski definition) is 0. The van der Waals surface area contributed by atoms with Crippen LogP contribution < -0.4 is 0 Å². The maximum absolute atomic E-state index is 5.59. The molecule has 1 fully saturated rings. The summed E-state index contributed by atoms with van der Waals surface area (Å²) in [7, 11) is 0. The molecular weight excluding hydrogens is 176 g/mol. The Bertz CT molecular complexity index is 184. The van der Waals surface area contributed by atoms with E-state index >= 15 is 0 Å². The summed E-state index contributed by atoms with van der Waals surface area (Å²) in [5.74, 6) is 5.94. The van der Waals surface area contributed by atoms with E-state index in [2.05, 4.69) is 11.8 Å². The first-order valence-corrected chi connectivity index (χ1v) is 5.56. The first kappa shape index (κ1) is 11.6. The van der Waals surface area contributed by atoms with Crippen molar-refractivity contribution >= 4 is 0 Å². The third-order valence-corrected chi connectivity index (χ3v) is 2.31. The van der Waals surface area contributed by atoms with Crippen molar-refractivity contribution in [2.75, 3.05) is 13.2 Å². The summed E-state index contributed by atoms with van der Waals surface area (Å²) in [6, 6.07) is 0. The Hall–Kier alpha value is -0.520. The molecule has 80 valence electrons. The second kappa shape index (κ2) is 7.84. The standard InChI is InChI=1S/C12H20O2/c1-2-3-4-5-7-10-13-12-9-6-8-11-14-12/h12H,4-11H2,1H3. The Morgan fingerprint density at radius 1 is 1.36 bits per heavy atom. The molecule has 2 nitrogen and oxygen atoms in total. The molecule has 1 aliphatic rings. The van der Waals surface area contributed by atoms with Crippen molar-refractivity contribution in [2.24, 2.45) is 0 Å². The van der Waals surface area contributed by atoms with Gasteiger partial charge in [-0.2, -0.15) is 0 Å². The second-order valence-electron chi connectivity index (χ2n) is 3.55. The topological polar surface area (TPSA) is 18.5 Å². The molecule has 0 aromatic heterocycles. The van der Waals surface area contributed by atoms with E-state index in [0.29, 0.717) is 0 Å². The summed E-state index contributed by atoms with van der Waals surface area (Å²) in [5, 5.41) is 0. The van der Waals surface area contributed by atoms with E-state index in [4.69, 9.17) is 9.47 Å². The zero-order valence-electron chi connectivity index (χ0n) is 9.05. The van der Waals surface area contributed by atoms with Gasteiger partial charge in [0.15, 0.2) is 6.29 Å². The van der Waals surface area contributed by atoms with Gasteiger partial charge in [0.05, 0.1) is 0 Å². The number of rotatable bonds is 5. The van der Waals surface area contributed by atoms with E-state index in [0.717, 1.165) is 38.9 Å². The third-order valence-electron chi connectivity index (χ3n) is 2.31. The van der Waals surface area contributed by atoms with E-state index in [1.165, 1.54) is 12.8 Å². The van der Waals surface area contributed by atoms with Gasteiger partial charge in [-0.05, 0) is 39.0 Å². The average molecular weight is 196 g/mol. The van der Waals surface area contributed by atoms with Crippen LogP contribution in [0.1, 0.15) is 45.4 Å². The van der Waals surface area contributed by atoms with Crippen molar-refractivity contribution < 1.29 is 9.47 Å². The molecule has 0 N–H and O–H groups in total. The molecule has 0 bridgehead atoms. The number of unbranched alkanes of at least 4 members (excludes halogenated alkanes) is 2. The van der Waals surface area contributed by atoms with Gasteiger partial charge < -0.3 is 9.47 Å². The van der Waals surface area contributed by atoms with Gasteiger partial charge in [0, 0.05) is 19.6 Å². The summed E-state index contributed by atoms with van der Waals surface area (Å²) in [5.41, 5.74) is 0. The molecule has 0 aromatic carbocycles. The highest BCUT2D eigenvalue weighted by Gasteiger charge is 2.12. The molecule has 1 atom stereocenters. The van der Waals surface area contributed by atoms with Gasteiger partial charge in [0.1, 0.15) is 0 Å². The van der Waals surface area contributed by atoms with Gasteiger partial charge in [-0.25, -0.2) is 0 Å². The molecule has 1 aliphatic heterocycles. The molecular formula is C12H20O2. The van der Waals surface area contributed by atoms with Crippen LogP contribution in [0.15, 0.2) is 0 Å². The van der Waals surface area contributed by atoms with Crippen molar-refractivity contribution in [2.45, 2.75) is 51.7 Å². The van der Waals surface area contributed by atoms with Crippen LogP contribution in [0.25, 0.3) is 0 Å². The van der Waals surface area contributed by atoms with Gasteiger partial charge in [-0.1, -0.05) is 0 Å². The minimum absolute atomic E-state index is 0.0704. The van der Waals surface area contributed by atoms with E-state index in [1.54, 1.807) is 0 Å². The molecule has 2 heteroatoms. The van der Waals surface area contributed by atoms with Gasteiger partial charge in [0.25, 0.3) is 0 Å². The Morgan fingerprint density at radius 3 is 3.00 bits per heavy atom. The Morgan fingerprint density at radius 2 is 2.29 bits per heavy atom. The fourth-order valence-corrected chi connectivity index (χ4v) is 1.50. The summed E-state index contributed by atoms with van der Waals surface area (Å²) in [6.07, 6.45) is 6.78. The van der Waals surface area contributed by atoms with Crippen molar-refractivity contribution in [1.82, 2.24) is 0 Å². The zero-order chi connectivity index (χ0) is 10.1. The lowest BCUT2D eigenvalue weighted by Gasteiger charge is -2.22. The predicted octanol–water partition coefficient (Wildman–Crippen LogP) is 2.72. The summed E-state index contributed by atoms with van der Waals surface area (Å²) in [6.45, 7) is 3.56. The molecule has 1 unspecified atom stereocenters. The summed E-state index contributed by atoms with van der Waals surface area (Å²) >= 11 is 0. The molecule has 1 saturated heterocycles. The van der Waals surface area contributed by atoms with Crippen molar-refractivity contribution in [3.05, 3.63) is 0 Å². The van der Waals surface area contributed by atoms with E-state index in [-0.39, 0.29) is 6.29 Å². The SMILES string of the molecule is CC#CCCCCOC1CCCCO1. The highest BCUT2D eigenvalue weighted by atomic mass is 16.7. The maximum Gasteiger partial charge on any atom is 0.157 e. The van der Waals surface area contributed by atoms with Crippen LogP contribution >= 0.6 is 0 Å². The quantitative estimate of drug-likeness (QED) is 0.497. The van der Waals surface area contributed by atoms with Crippen LogP contribution in [0, 0.1) is 11.8 Å². The van der Waals surface area contributed by atoms with E-state index < -0.39 is 0 Å². The van der Waals surface area contributed by atoms with Crippen molar-refractivity contribution in [1.29, 1.82) is 0 Å². The molecule has 0 aliphatic carbocycles. The molecule has 0 saturated carbocycles. The fourth-order valence-electron chi connectivity index (χ4n) is 1.50. The Kier molecular flexibility index (Phi) is 6.47. The van der Waals surface area contributed by atoms with Crippen LogP contribution in [0.5, 0.6) is 0 Å². The van der Waals surface area contributed by atoms with Crippen LogP contribution in [-0.2, 0) is 9.47 Å². The van der Waals surface area contributed by atoms with Crippen molar-refractivity contribution in [3.8, 4) is 11.8 Å². The molecule has 1 heterocycles. The Balaban J connectivity index is 1.89. The summed E-state index contributed by atoms with van der Waals surface area (Å²) < 4.78 is 11.0. The van der Waals surface area contributed by atoms with Crippen LogP contribution in [0.4, 0.5) is 0 Å². The smallest absolute Gasteiger partial charge is 0.157 e. The second-order valence-corrected chi connectivity index (χ2v) is 3.55. The average Bonchev–Trinajstić information content (AvgIpc) is 2.25. The number of hydrogen-bond acceptors (Lipinski definition) is 2. The number of ether oxygens (including phenoxy) is 2. The fraction of sp³-hybridized carbons (Fsp3) is 0.833. The predicted molar refractivity (Wildman–Crippen MR) is 56.8 cm³/mol. The van der Waals surface area contributed by atoms with E-state index in [9.17, 15) is 0 Å². The highest BCUT2D eigenvalue weighted by molar-refractivity contribution is 4.94. The monoisotopic (exact) mass is 196 g/mol. The van der Waals surface area contributed by atoms with Crippen LogP contribution in [0.2, 0.25) is 0 Å². The van der Waals surface area contributed by atoms with Gasteiger partial charge >= 0.3 is 0 Å².